The zero-order valence-electron chi connectivity index (χ0n) is 14.6. The summed E-state index contributed by atoms with van der Waals surface area (Å²) in [6, 6.07) is 0.473. The van der Waals surface area contributed by atoms with Crippen LogP contribution in [0.5, 0.6) is 0 Å². The first-order valence-corrected chi connectivity index (χ1v) is 8.58. The van der Waals surface area contributed by atoms with E-state index in [-0.39, 0.29) is 0 Å². The maximum atomic E-state index is 11.5. The molecule has 0 spiro atoms. The van der Waals surface area contributed by atoms with Crippen LogP contribution < -0.4 is 11.1 Å². The molecule has 6 nitrogen and oxygen atoms in total. The first-order chi connectivity index (χ1) is 11.5. The second kappa shape index (κ2) is 8.59. The van der Waals surface area contributed by atoms with Gasteiger partial charge in [0.25, 0.3) is 0 Å². The number of nitrogens with two attached hydrogens (primary N) is 1. The van der Waals surface area contributed by atoms with Gasteiger partial charge >= 0.3 is 0 Å². The van der Waals surface area contributed by atoms with Gasteiger partial charge in [-0.2, -0.15) is 5.10 Å². The molecule has 2 aromatic rings. The van der Waals surface area contributed by atoms with Crippen LogP contribution >= 0.6 is 0 Å². The Kier molecular flexibility index (Phi) is 6.49. The second-order valence-corrected chi connectivity index (χ2v) is 6.23. The molecule has 0 saturated carbocycles. The Morgan fingerprint density at radius 3 is 2.92 bits per heavy atom. The molecule has 1 amide bonds. The number of nitrogens with zero attached hydrogens (tertiary/aromatic N) is 2. The molecule has 1 unspecified atom stereocenters. The summed E-state index contributed by atoms with van der Waals surface area (Å²) in [5.41, 5.74) is 8.19. The zero-order chi connectivity index (χ0) is 17.5. The summed E-state index contributed by atoms with van der Waals surface area (Å²) >= 11 is 0. The van der Waals surface area contributed by atoms with Crippen molar-refractivity contribution in [2.24, 2.45) is 5.73 Å². The molecule has 0 bridgehead atoms. The number of unbranched alkanes of at least 4 members (excludes halogenated alkanes) is 1. The molecule has 1 atom stereocenters. The molecule has 2 heterocycles. The SMILES string of the molecule is C=C(C(N)=O)c1cnc2[nH]ncc2c1CCCC(C)NCCCC. The van der Waals surface area contributed by atoms with Crippen molar-refractivity contribution >= 4 is 22.5 Å². The normalized spacial score (nSPS) is 12.4. The van der Waals surface area contributed by atoms with E-state index in [1.807, 2.05) is 0 Å². The first-order valence-electron chi connectivity index (χ1n) is 8.58. The fourth-order valence-corrected chi connectivity index (χ4v) is 2.83. The topological polar surface area (TPSA) is 96.7 Å². The maximum Gasteiger partial charge on any atom is 0.248 e. The van der Waals surface area contributed by atoms with Crippen LogP contribution in [0.2, 0.25) is 0 Å². The number of aromatic nitrogens is 3. The molecular weight excluding hydrogens is 302 g/mol. The third kappa shape index (κ3) is 4.41. The molecule has 0 aliphatic carbocycles. The standard InChI is InChI=1S/C18H27N5O/c1-4-5-9-20-12(2)7-6-8-14-15(13(3)17(19)24)10-21-18-16(14)11-22-23-18/h10-12,20H,3-9H2,1-2H3,(H2,19,24)(H,21,22,23). The van der Waals surface area contributed by atoms with Crippen molar-refractivity contribution in [2.45, 2.75) is 52.0 Å². The quantitative estimate of drug-likeness (QED) is 0.461. The van der Waals surface area contributed by atoms with E-state index in [0.717, 1.165) is 48.0 Å². The molecular formula is C18H27N5O. The lowest BCUT2D eigenvalue weighted by Gasteiger charge is -2.15. The second-order valence-electron chi connectivity index (χ2n) is 6.23. The van der Waals surface area contributed by atoms with Crippen molar-refractivity contribution in [3.05, 3.63) is 30.1 Å². The Morgan fingerprint density at radius 2 is 2.21 bits per heavy atom. The zero-order valence-corrected chi connectivity index (χ0v) is 14.6. The van der Waals surface area contributed by atoms with E-state index in [1.165, 1.54) is 12.8 Å². The Morgan fingerprint density at radius 1 is 1.42 bits per heavy atom. The fraction of sp³-hybridized carbons (Fsp3) is 0.500. The molecule has 0 aromatic carbocycles. The van der Waals surface area contributed by atoms with Gasteiger partial charge in [-0.15, -0.1) is 0 Å². The van der Waals surface area contributed by atoms with Crippen LogP contribution in [-0.2, 0) is 11.2 Å². The van der Waals surface area contributed by atoms with Gasteiger partial charge < -0.3 is 11.1 Å². The van der Waals surface area contributed by atoms with Gasteiger partial charge in [0.05, 0.1) is 6.20 Å². The molecule has 0 radical (unpaired) electrons. The Labute approximate surface area is 142 Å². The van der Waals surface area contributed by atoms with Crippen LogP contribution in [0.25, 0.3) is 16.6 Å². The third-order valence-electron chi connectivity index (χ3n) is 4.30. The van der Waals surface area contributed by atoms with Gasteiger partial charge in [0.15, 0.2) is 5.65 Å². The molecule has 6 heteroatoms. The number of carbonyl (C=O) groups excluding carboxylic acids is 1. The highest BCUT2D eigenvalue weighted by molar-refractivity contribution is 6.18. The molecule has 0 saturated heterocycles. The number of aromatic amines is 1. The number of primary amides is 1. The highest BCUT2D eigenvalue weighted by atomic mass is 16.1. The summed E-state index contributed by atoms with van der Waals surface area (Å²) in [5, 5.41) is 11.4. The highest BCUT2D eigenvalue weighted by Gasteiger charge is 2.15. The molecule has 130 valence electrons. The van der Waals surface area contributed by atoms with Gasteiger partial charge in [0.2, 0.25) is 5.91 Å². The van der Waals surface area contributed by atoms with Crippen molar-refractivity contribution in [3.8, 4) is 0 Å². The number of carbonyl (C=O) groups is 1. The van der Waals surface area contributed by atoms with Gasteiger partial charge in [-0.1, -0.05) is 19.9 Å². The van der Waals surface area contributed by atoms with E-state index >= 15 is 0 Å². The van der Waals surface area contributed by atoms with Gasteiger partial charge in [0, 0.05) is 28.8 Å². The smallest absolute Gasteiger partial charge is 0.248 e. The molecule has 0 aliphatic rings. The summed E-state index contributed by atoms with van der Waals surface area (Å²) in [5.74, 6) is -0.518. The molecule has 2 aromatic heterocycles. The number of rotatable bonds is 10. The average Bonchev–Trinajstić information content (AvgIpc) is 3.03. The van der Waals surface area contributed by atoms with Gasteiger partial charge in [-0.25, -0.2) is 4.98 Å². The van der Waals surface area contributed by atoms with E-state index in [9.17, 15) is 4.79 Å². The predicted molar refractivity (Wildman–Crippen MR) is 97.4 cm³/mol. The van der Waals surface area contributed by atoms with Gasteiger partial charge in [-0.3, -0.25) is 9.89 Å². The van der Waals surface area contributed by atoms with Crippen molar-refractivity contribution < 1.29 is 4.79 Å². The maximum absolute atomic E-state index is 11.5. The van der Waals surface area contributed by atoms with Crippen LogP contribution in [0.15, 0.2) is 19.0 Å². The molecule has 2 rings (SSSR count). The summed E-state index contributed by atoms with van der Waals surface area (Å²) in [6.07, 6.45) is 8.71. The molecule has 0 aliphatic heterocycles. The van der Waals surface area contributed by atoms with E-state index in [0.29, 0.717) is 11.6 Å². The molecule has 4 N–H and O–H groups in total. The number of amides is 1. The lowest BCUT2D eigenvalue weighted by atomic mass is 9.95. The van der Waals surface area contributed by atoms with Gasteiger partial charge in [0.1, 0.15) is 0 Å². The number of nitrogens with one attached hydrogen (secondary N) is 2. The van der Waals surface area contributed by atoms with E-state index < -0.39 is 5.91 Å². The lowest BCUT2D eigenvalue weighted by molar-refractivity contribution is -0.112. The minimum absolute atomic E-state index is 0.301. The van der Waals surface area contributed by atoms with Crippen LogP contribution in [0, 0.1) is 0 Å². The number of H-pyrrole nitrogens is 1. The fourth-order valence-electron chi connectivity index (χ4n) is 2.83. The predicted octanol–water partition coefficient (Wildman–Crippen LogP) is 2.56. The van der Waals surface area contributed by atoms with E-state index in [4.69, 9.17) is 5.73 Å². The van der Waals surface area contributed by atoms with Gasteiger partial charge in [-0.05, 0) is 44.7 Å². The number of aryl methyl sites for hydroxylation is 1. The number of fused-ring (bicyclic) bond motifs is 1. The summed E-state index contributed by atoms with van der Waals surface area (Å²) < 4.78 is 0. The van der Waals surface area contributed by atoms with E-state index in [1.54, 1.807) is 12.4 Å². The number of hydrogen-bond acceptors (Lipinski definition) is 4. The number of hydrogen-bond donors (Lipinski definition) is 3. The summed E-state index contributed by atoms with van der Waals surface area (Å²) in [6.45, 7) is 9.27. The monoisotopic (exact) mass is 329 g/mol. The highest BCUT2D eigenvalue weighted by Crippen LogP contribution is 2.25. The van der Waals surface area contributed by atoms with Crippen molar-refractivity contribution in [1.29, 1.82) is 0 Å². The van der Waals surface area contributed by atoms with Crippen LogP contribution in [-0.4, -0.2) is 33.7 Å². The van der Waals surface area contributed by atoms with Crippen LogP contribution in [0.1, 0.15) is 50.7 Å². The lowest BCUT2D eigenvalue weighted by Crippen LogP contribution is -2.26. The summed E-state index contributed by atoms with van der Waals surface area (Å²) in [7, 11) is 0. The minimum Gasteiger partial charge on any atom is -0.366 e. The molecule has 0 fully saturated rings. The Bertz CT molecular complexity index is 706. The van der Waals surface area contributed by atoms with Crippen LogP contribution in [0.3, 0.4) is 0 Å². The largest absolute Gasteiger partial charge is 0.366 e. The van der Waals surface area contributed by atoms with Crippen molar-refractivity contribution in [3.63, 3.8) is 0 Å². The van der Waals surface area contributed by atoms with Crippen LogP contribution in [0.4, 0.5) is 0 Å². The third-order valence-corrected chi connectivity index (χ3v) is 4.30. The first kappa shape index (κ1) is 18.1. The van der Waals surface area contributed by atoms with Crippen molar-refractivity contribution in [1.82, 2.24) is 20.5 Å². The summed E-state index contributed by atoms with van der Waals surface area (Å²) in [4.78, 5) is 15.8. The minimum atomic E-state index is -0.518. The Balaban J connectivity index is 2.09. The number of pyridine rings is 1. The van der Waals surface area contributed by atoms with E-state index in [2.05, 4.69) is 40.9 Å². The Hall–Kier alpha value is -2.21. The van der Waals surface area contributed by atoms with Crippen molar-refractivity contribution in [2.75, 3.05) is 6.54 Å². The molecule has 24 heavy (non-hydrogen) atoms. The average molecular weight is 329 g/mol.